The van der Waals surface area contributed by atoms with Crippen molar-refractivity contribution in [1.29, 1.82) is 0 Å². The smallest absolute Gasteiger partial charge is 0.238 e. The van der Waals surface area contributed by atoms with E-state index in [1.54, 1.807) is 28.4 Å². The maximum atomic E-state index is 12.3. The normalized spacial score (nSPS) is 11.4. The number of likely N-dealkylation sites (N-methyl/N-ethyl adjacent to an activating group) is 1. The zero-order valence-corrected chi connectivity index (χ0v) is 13.9. The first-order valence-electron chi connectivity index (χ1n) is 6.82. The fourth-order valence-electron chi connectivity index (χ4n) is 2.05. The molecule has 2 rings (SSSR count). The molecule has 0 unspecified atom stereocenters. The lowest BCUT2D eigenvalue weighted by molar-refractivity contribution is -0.130. The summed E-state index contributed by atoms with van der Waals surface area (Å²) in [4.78, 5) is 15.3. The summed E-state index contributed by atoms with van der Waals surface area (Å²) in [5, 5.41) is 7.04. The van der Waals surface area contributed by atoms with Crippen molar-refractivity contribution < 1.29 is 13.2 Å². The van der Waals surface area contributed by atoms with E-state index in [0.717, 1.165) is 10.4 Å². The Bertz CT molecular complexity index is 723. The van der Waals surface area contributed by atoms with Crippen molar-refractivity contribution in [2.24, 2.45) is 5.14 Å². The van der Waals surface area contributed by atoms with Crippen LogP contribution >= 0.6 is 11.3 Å². The number of carbonyl (C=O) groups is 1. The van der Waals surface area contributed by atoms with Crippen molar-refractivity contribution in [2.45, 2.75) is 24.8 Å². The van der Waals surface area contributed by atoms with Gasteiger partial charge in [0.1, 0.15) is 0 Å². The Hall–Kier alpha value is -1.70. The second-order valence-corrected chi connectivity index (χ2v) is 7.45. The Kier molecular flexibility index (Phi) is 5.33. The Morgan fingerprint density at radius 3 is 2.41 bits per heavy atom. The topological polar surface area (TPSA) is 80.5 Å². The van der Waals surface area contributed by atoms with Crippen LogP contribution in [-0.4, -0.2) is 25.8 Å². The molecular weight excluding hydrogens is 320 g/mol. The van der Waals surface area contributed by atoms with Crippen LogP contribution in [0.3, 0.4) is 0 Å². The van der Waals surface area contributed by atoms with Crippen LogP contribution < -0.4 is 5.14 Å². The molecule has 0 aliphatic carbocycles. The SMILES string of the molecule is CCN(Cc1cccs1)C(=O)Cc1ccc(S(N)(=O)=O)cc1. The van der Waals surface area contributed by atoms with Gasteiger partial charge in [-0.15, -0.1) is 11.3 Å². The summed E-state index contributed by atoms with van der Waals surface area (Å²) in [6.07, 6.45) is 0.240. The number of sulfonamides is 1. The van der Waals surface area contributed by atoms with Crippen molar-refractivity contribution in [3.05, 3.63) is 52.2 Å². The van der Waals surface area contributed by atoms with E-state index in [-0.39, 0.29) is 17.2 Å². The molecule has 0 fully saturated rings. The van der Waals surface area contributed by atoms with Crippen LogP contribution in [0.1, 0.15) is 17.4 Å². The van der Waals surface area contributed by atoms with E-state index in [2.05, 4.69) is 0 Å². The van der Waals surface area contributed by atoms with E-state index in [0.29, 0.717) is 13.1 Å². The molecular formula is C15H18N2O3S2. The Labute approximate surface area is 134 Å². The number of hydrogen-bond acceptors (Lipinski definition) is 4. The summed E-state index contributed by atoms with van der Waals surface area (Å²) in [5.41, 5.74) is 0.766. The van der Waals surface area contributed by atoms with E-state index in [1.165, 1.54) is 12.1 Å². The molecule has 0 spiro atoms. The molecule has 1 heterocycles. The minimum absolute atomic E-state index is 0.0132. The van der Waals surface area contributed by atoms with Crippen LogP contribution in [0.25, 0.3) is 0 Å². The zero-order valence-electron chi connectivity index (χ0n) is 12.2. The average molecular weight is 338 g/mol. The molecule has 22 heavy (non-hydrogen) atoms. The van der Waals surface area contributed by atoms with Gasteiger partial charge in [0.15, 0.2) is 0 Å². The number of amides is 1. The first-order chi connectivity index (χ1) is 10.4. The molecule has 2 aromatic rings. The van der Waals surface area contributed by atoms with Crippen molar-refractivity contribution >= 4 is 27.3 Å². The quantitative estimate of drug-likeness (QED) is 0.874. The van der Waals surface area contributed by atoms with E-state index >= 15 is 0 Å². The third-order valence-corrected chi connectivity index (χ3v) is 5.06. The minimum atomic E-state index is -3.70. The van der Waals surface area contributed by atoms with E-state index in [1.807, 2.05) is 24.4 Å². The van der Waals surface area contributed by atoms with Gasteiger partial charge in [-0.3, -0.25) is 4.79 Å². The van der Waals surface area contributed by atoms with Crippen LogP contribution in [0.15, 0.2) is 46.7 Å². The van der Waals surface area contributed by atoms with Crippen molar-refractivity contribution in [3.63, 3.8) is 0 Å². The highest BCUT2D eigenvalue weighted by atomic mass is 32.2. The van der Waals surface area contributed by atoms with Crippen molar-refractivity contribution in [2.75, 3.05) is 6.54 Å². The summed E-state index contributed by atoms with van der Waals surface area (Å²) >= 11 is 1.62. The maximum Gasteiger partial charge on any atom is 0.238 e. The third-order valence-electron chi connectivity index (χ3n) is 3.27. The molecule has 0 radical (unpaired) electrons. The number of nitrogens with zero attached hydrogens (tertiary/aromatic N) is 1. The second-order valence-electron chi connectivity index (χ2n) is 4.85. The molecule has 2 N–H and O–H groups in total. The van der Waals surface area contributed by atoms with Gasteiger partial charge in [-0.2, -0.15) is 0 Å². The maximum absolute atomic E-state index is 12.3. The Balaban J connectivity index is 2.03. The molecule has 5 nitrogen and oxygen atoms in total. The van der Waals surface area contributed by atoms with Gasteiger partial charge in [-0.1, -0.05) is 18.2 Å². The third kappa shape index (κ3) is 4.40. The van der Waals surface area contributed by atoms with Gasteiger partial charge in [0.2, 0.25) is 15.9 Å². The Morgan fingerprint density at radius 2 is 1.91 bits per heavy atom. The van der Waals surface area contributed by atoms with Gasteiger partial charge < -0.3 is 4.90 Å². The van der Waals surface area contributed by atoms with Gasteiger partial charge in [-0.05, 0) is 36.1 Å². The van der Waals surface area contributed by atoms with Crippen LogP contribution in [0.4, 0.5) is 0 Å². The molecule has 0 saturated heterocycles. The number of carbonyl (C=O) groups excluding carboxylic acids is 1. The van der Waals surface area contributed by atoms with Gasteiger partial charge >= 0.3 is 0 Å². The standard InChI is InChI=1S/C15H18N2O3S2/c1-2-17(11-13-4-3-9-21-13)15(18)10-12-5-7-14(8-6-12)22(16,19)20/h3-9H,2,10-11H2,1H3,(H2,16,19,20). The van der Waals surface area contributed by atoms with Gasteiger partial charge in [0, 0.05) is 11.4 Å². The molecule has 118 valence electrons. The summed E-state index contributed by atoms with van der Waals surface area (Å²) in [6, 6.07) is 10.1. The van der Waals surface area contributed by atoms with Crippen LogP contribution in [0, 0.1) is 0 Å². The lowest BCUT2D eigenvalue weighted by atomic mass is 10.1. The molecule has 1 aromatic heterocycles. The highest BCUT2D eigenvalue weighted by molar-refractivity contribution is 7.89. The highest BCUT2D eigenvalue weighted by Gasteiger charge is 2.14. The molecule has 1 amide bonds. The highest BCUT2D eigenvalue weighted by Crippen LogP contribution is 2.14. The van der Waals surface area contributed by atoms with Crippen molar-refractivity contribution in [1.82, 2.24) is 4.90 Å². The summed E-state index contributed by atoms with van der Waals surface area (Å²) in [6.45, 7) is 3.17. The fraction of sp³-hybridized carbons (Fsp3) is 0.267. The molecule has 0 aliphatic heterocycles. The number of rotatable bonds is 6. The number of primary sulfonamides is 1. The molecule has 0 bridgehead atoms. The summed E-state index contributed by atoms with van der Waals surface area (Å²) in [7, 11) is -3.70. The fourth-order valence-corrected chi connectivity index (χ4v) is 3.29. The number of thiophene rings is 1. The van der Waals surface area contributed by atoms with Crippen molar-refractivity contribution in [3.8, 4) is 0 Å². The predicted molar refractivity (Wildman–Crippen MR) is 86.9 cm³/mol. The van der Waals surface area contributed by atoms with Gasteiger partial charge in [-0.25, -0.2) is 13.6 Å². The first-order valence-corrected chi connectivity index (χ1v) is 9.24. The summed E-state index contributed by atoms with van der Waals surface area (Å²) < 4.78 is 22.4. The van der Waals surface area contributed by atoms with Crippen LogP contribution in [0.2, 0.25) is 0 Å². The number of benzene rings is 1. The van der Waals surface area contributed by atoms with Gasteiger partial charge in [0.25, 0.3) is 0 Å². The second kappa shape index (κ2) is 7.04. The Morgan fingerprint density at radius 1 is 1.23 bits per heavy atom. The zero-order chi connectivity index (χ0) is 16.2. The number of hydrogen-bond donors (Lipinski definition) is 1. The minimum Gasteiger partial charge on any atom is -0.338 e. The molecule has 7 heteroatoms. The molecule has 0 atom stereocenters. The summed E-state index contributed by atoms with van der Waals surface area (Å²) in [5.74, 6) is 0.0132. The van der Waals surface area contributed by atoms with E-state index in [4.69, 9.17) is 5.14 Å². The van der Waals surface area contributed by atoms with Crippen LogP contribution in [-0.2, 0) is 27.8 Å². The predicted octanol–water partition coefficient (Wildman–Crippen LogP) is 1.99. The lowest BCUT2D eigenvalue weighted by Gasteiger charge is -2.20. The van der Waals surface area contributed by atoms with E-state index < -0.39 is 10.0 Å². The van der Waals surface area contributed by atoms with E-state index in [9.17, 15) is 13.2 Å². The van der Waals surface area contributed by atoms with Crippen LogP contribution in [0.5, 0.6) is 0 Å². The lowest BCUT2D eigenvalue weighted by Crippen LogP contribution is -2.31. The monoisotopic (exact) mass is 338 g/mol. The largest absolute Gasteiger partial charge is 0.338 e. The molecule has 0 saturated carbocycles. The number of nitrogens with two attached hydrogens (primary N) is 1. The molecule has 1 aromatic carbocycles. The molecule has 0 aliphatic rings. The van der Waals surface area contributed by atoms with Gasteiger partial charge in [0.05, 0.1) is 17.9 Å². The average Bonchev–Trinajstić information content (AvgIpc) is 2.97. The first kappa shape index (κ1) is 16.7.